The fraction of sp³-hybridized carbons (Fsp3) is 0.238. The lowest BCUT2D eigenvalue weighted by Crippen LogP contribution is -2.43. The molecule has 0 aliphatic heterocycles. The van der Waals surface area contributed by atoms with Crippen LogP contribution in [-0.2, 0) is 11.2 Å². The molecule has 2 aromatic carbocycles. The van der Waals surface area contributed by atoms with Crippen LogP contribution in [-0.4, -0.2) is 21.6 Å². The predicted octanol–water partition coefficient (Wildman–Crippen LogP) is 3.02. The van der Waals surface area contributed by atoms with Gasteiger partial charge in [-0.25, -0.2) is 4.68 Å². The van der Waals surface area contributed by atoms with Gasteiger partial charge in [-0.3, -0.25) is 25.2 Å². The van der Waals surface area contributed by atoms with Gasteiger partial charge in [-0.05, 0) is 44.0 Å². The van der Waals surface area contributed by atoms with E-state index in [1.807, 2.05) is 26.0 Å². The van der Waals surface area contributed by atoms with Crippen LogP contribution in [0.15, 0.2) is 53.3 Å². The third kappa shape index (κ3) is 4.81. The number of aryl methyl sites for hydroxylation is 1. The average Bonchev–Trinajstić information content (AvgIpc) is 2.71. The van der Waals surface area contributed by atoms with Gasteiger partial charge in [0.15, 0.2) is 5.69 Å². The number of nitrogens with zero attached hydrogens (tertiary/aromatic N) is 2. The molecule has 150 valence electrons. The maximum absolute atomic E-state index is 12.6. The van der Waals surface area contributed by atoms with E-state index < -0.39 is 5.91 Å². The number of carbonyl (C=O) groups is 2. The Kier molecular flexibility index (Phi) is 6.29. The summed E-state index contributed by atoms with van der Waals surface area (Å²) >= 11 is 5.84. The molecule has 2 N–H and O–H groups in total. The van der Waals surface area contributed by atoms with Crippen LogP contribution < -0.4 is 16.4 Å². The first-order chi connectivity index (χ1) is 13.9. The van der Waals surface area contributed by atoms with Gasteiger partial charge in [0.1, 0.15) is 0 Å². The summed E-state index contributed by atoms with van der Waals surface area (Å²) in [5.74, 6) is -0.926. The van der Waals surface area contributed by atoms with Gasteiger partial charge >= 0.3 is 0 Å². The van der Waals surface area contributed by atoms with Crippen LogP contribution in [0.5, 0.6) is 0 Å². The van der Waals surface area contributed by atoms with E-state index in [0.29, 0.717) is 22.2 Å². The molecule has 0 unspecified atom stereocenters. The molecule has 3 aromatic rings. The topological polar surface area (TPSA) is 93.1 Å². The van der Waals surface area contributed by atoms with E-state index in [1.54, 1.807) is 36.4 Å². The Morgan fingerprint density at radius 1 is 1.03 bits per heavy atom. The van der Waals surface area contributed by atoms with Crippen LogP contribution >= 0.6 is 11.6 Å². The van der Waals surface area contributed by atoms with Crippen molar-refractivity contribution < 1.29 is 9.59 Å². The maximum atomic E-state index is 12.6. The second-order valence-electron chi connectivity index (χ2n) is 6.87. The number of hydrazine groups is 1. The molecule has 0 saturated carbocycles. The number of benzene rings is 2. The van der Waals surface area contributed by atoms with Gasteiger partial charge in [0.25, 0.3) is 11.5 Å². The summed E-state index contributed by atoms with van der Waals surface area (Å²) in [6.45, 7) is 3.62. The number of hydrogen-bond donors (Lipinski definition) is 2. The monoisotopic (exact) mass is 412 g/mol. The van der Waals surface area contributed by atoms with Crippen molar-refractivity contribution in [1.29, 1.82) is 0 Å². The van der Waals surface area contributed by atoms with Crippen molar-refractivity contribution in [1.82, 2.24) is 20.6 Å². The Morgan fingerprint density at radius 3 is 2.34 bits per heavy atom. The number of aromatic nitrogens is 2. The van der Waals surface area contributed by atoms with Crippen LogP contribution in [0.1, 0.15) is 42.4 Å². The Morgan fingerprint density at radius 2 is 1.69 bits per heavy atom. The zero-order valence-electron chi connectivity index (χ0n) is 16.1. The molecular weight excluding hydrogens is 392 g/mol. The standard InChI is InChI=1S/C21H21ClN4O3/c1-13(2)26-21(29)17-6-4-3-5-16(17)19(25-26)20(28)24-23-18(27)12-9-14-7-10-15(22)11-8-14/h3-8,10-11,13H,9,12H2,1-2H3,(H,23,27)(H,24,28). The van der Waals surface area contributed by atoms with Crippen LogP contribution in [0, 0.1) is 0 Å². The van der Waals surface area contributed by atoms with E-state index in [4.69, 9.17) is 11.6 Å². The molecule has 3 rings (SSSR count). The van der Waals surface area contributed by atoms with Gasteiger partial charge in [0, 0.05) is 16.8 Å². The second-order valence-corrected chi connectivity index (χ2v) is 7.30. The summed E-state index contributed by atoms with van der Waals surface area (Å²) in [4.78, 5) is 37.3. The second kappa shape index (κ2) is 8.87. The lowest BCUT2D eigenvalue weighted by molar-refractivity contribution is -0.121. The quantitative estimate of drug-likeness (QED) is 0.630. The zero-order valence-corrected chi connectivity index (χ0v) is 16.9. The van der Waals surface area contributed by atoms with Crippen LogP contribution in [0.2, 0.25) is 5.02 Å². The number of amides is 2. The molecule has 0 radical (unpaired) electrons. The van der Waals surface area contributed by atoms with E-state index in [-0.39, 0.29) is 29.6 Å². The fourth-order valence-electron chi connectivity index (χ4n) is 2.88. The zero-order chi connectivity index (χ0) is 21.0. The SMILES string of the molecule is CC(C)n1nc(C(=O)NNC(=O)CCc2ccc(Cl)cc2)c2ccccc2c1=O. The molecule has 0 bridgehead atoms. The minimum atomic E-state index is -0.588. The molecule has 0 atom stereocenters. The number of carbonyl (C=O) groups excluding carboxylic acids is 2. The van der Waals surface area contributed by atoms with Gasteiger partial charge in [-0.2, -0.15) is 5.10 Å². The molecule has 7 nitrogen and oxygen atoms in total. The van der Waals surface area contributed by atoms with Gasteiger partial charge in [-0.15, -0.1) is 0 Å². The molecule has 0 saturated heterocycles. The van der Waals surface area contributed by atoms with E-state index >= 15 is 0 Å². The highest BCUT2D eigenvalue weighted by Crippen LogP contribution is 2.15. The molecule has 0 aliphatic rings. The lowest BCUT2D eigenvalue weighted by atomic mass is 10.1. The van der Waals surface area contributed by atoms with Gasteiger partial charge < -0.3 is 0 Å². The summed E-state index contributed by atoms with van der Waals surface area (Å²) in [6.07, 6.45) is 0.708. The third-order valence-electron chi connectivity index (χ3n) is 4.40. The minimum Gasteiger partial charge on any atom is -0.273 e. The van der Waals surface area contributed by atoms with Crippen LogP contribution in [0.25, 0.3) is 10.8 Å². The van der Waals surface area contributed by atoms with Crippen LogP contribution in [0.4, 0.5) is 0 Å². The summed E-state index contributed by atoms with van der Waals surface area (Å²) in [5.41, 5.74) is 5.56. The molecule has 0 fully saturated rings. The molecule has 29 heavy (non-hydrogen) atoms. The normalized spacial score (nSPS) is 10.9. The minimum absolute atomic E-state index is 0.0758. The van der Waals surface area contributed by atoms with Crippen molar-refractivity contribution in [3.8, 4) is 0 Å². The molecule has 1 aromatic heterocycles. The van der Waals surface area contributed by atoms with Crippen molar-refractivity contribution in [2.24, 2.45) is 0 Å². The van der Waals surface area contributed by atoms with E-state index in [1.165, 1.54) is 4.68 Å². The van der Waals surface area contributed by atoms with Crippen molar-refractivity contribution >= 4 is 34.2 Å². The first-order valence-corrected chi connectivity index (χ1v) is 9.60. The van der Waals surface area contributed by atoms with E-state index in [0.717, 1.165) is 5.56 Å². The Bertz CT molecular complexity index is 1110. The van der Waals surface area contributed by atoms with Crippen LogP contribution in [0.3, 0.4) is 0 Å². The van der Waals surface area contributed by atoms with E-state index in [2.05, 4.69) is 16.0 Å². The van der Waals surface area contributed by atoms with Gasteiger partial charge in [0.2, 0.25) is 5.91 Å². The molecule has 1 heterocycles. The number of rotatable bonds is 5. The Hall–Kier alpha value is -3.19. The largest absolute Gasteiger partial charge is 0.290 e. The molecule has 0 spiro atoms. The Balaban J connectivity index is 1.71. The lowest BCUT2D eigenvalue weighted by Gasteiger charge is -2.13. The highest BCUT2D eigenvalue weighted by atomic mass is 35.5. The third-order valence-corrected chi connectivity index (χ3v) is 4.65. The molecule has 2 amide bonds. The van der Waals surface area contributed by atoms with Gasteiger partial charge in [0.05, 0.1) is 11.4 Å². The summed E-state index contributed by atoms with van der Waals surface area (Å²) in [7, 11) is 0. The molecule has 8 heteroatoms. The Labute approximate surface area is 172 Å². The van der Waals surface area contributed by atoms with Crippen molar-refractivity contribution in [3.63, 3.8) is 0 Å². The summed E-state index contributed by atoms with van der Waals surface area (Å²) in [5, 5.41) is 5.67. The smallest absolute Gasteiger partial charge is 0.273 e. The van der Waals surface area contributed by atoms with Crippen molar-refractivity contribution in [3.05, 3.63) is 75.2 Å². The average molecular weight is 413 g/mol. The number of halogens is 1. The summed E-state index contributed by atoms with van der Waals surface area (Å²) in [6, 6.07) is 13.8. The van der Waals surface area contributed by atoms with Crippen molar-refractivity contribution in [2.45, 2.75) is 32.7 Å². The summed E-state index contributed by atoms with van der Waals surface area (Å²) < 4.78 is 1.26. The predicted molar refractivity (Wildman–Crippen MR) is 112 cm³/mol. The van der Waals surface area contributed by atoms with Gasteiger partial charge in [-0.1, -0.05) is 41.9 Å². The number of fused-ring (bicyclic) bond motifs is 1. The molecular formula is C21H21ClN4O3. The number of hydrogen-bond acceptors (Lipinski definition) is 4. The fourth-order valence-corrected chi connectivity index (χ4v) is 3.01. The molecule has 0 aliphatic carbocycles. The maximum Gasteiger partial charge on any atom is 0.290 e. The van der Waals surface area contributed by atoms with Crippen molar-refractivity contribution in [2.75, 3.05) is 0 Å². The van der Waals surface area contributed by atoms with E-state index in [9.17, 15) is 14.4 Å². The first-order valence-electron chi connectivity index (χ1n) is 9.22. The highest BCUT2D eigenvalue weighted by molar-refractivity contribution is 6.30. The highest BCUT2D eigenvalue weighted by Gasteiger charge is 2.18. The number of nitrogens with one attached hydrogen (secondary N) is 2. The first kappa shape index (κ1) is 20.5.